The monoisotopic (exact) mass is 754 g/mol. The van der Waals surface area contributed by atoms with Crippen LogP contribution in [0.5, 0.6) is 0 Å². The summed E-state index contributed by atoms with van der Waals surface area (Å²) in [7, 11) is -2.78. The smallest absolute Gasteiger partial charge is 0.332 e. The molecule has 2 atom stereocenters. The van der Waals surface area contributed by atoms with Gasteiger partial charge in [-0.15, -0.1) is 0 Å². The van der Waals surface area contributed by atoms with E-state index in [9.17, 15) is 28.3 Å². The predicted octanol–water partition coefficient (Wildman–Crippen LogP) is 0.463. The maximum atomic E-state index is 12.6. The number of imidazole rings is 2. The van der Waals surface area contributed by atoms with Gasteiger partial charge >= 0.3 is 27.9 Å². The van der Waals surface area contributed by atoms with Crippen molar-refractivity contribution < 1.29 is 37.4 Å². The van der Waals surface area contributed by atoms with Crippen molar-refractivity contribution in [2.24, 2.45) is 14.1 Å². The summed E-state index contributed by atoms with van der Waals surface area (Å²) < 4.78 is 48.7. The molecule has 0 aliphatic rings. The number of fused-ring (bicyclic) bond motifs is 2. The number of hydrogen-bond acceptors (Lipinski definition) is 14. The fourth-order valence-corrected chi connectivity index (χ4v) is 5.31. The van der Waals surface area contributed by atoms with Crippen LogP contribution in [0.1, 0.15) is 39.5 Å². The van der Waals surface area contributed by atoms with E-state index in [0.717, 1.165) is 9.13 Å². The Morgan fingerprint density at radius 3 is 1.34 bits per heavy atom. The molecule has 0 amide bonds. The maximum Gasteiger partial charge on any atom is 0.332 e. The summed E-state index contributed by atoms with van der Waals surface area (Å²) in [5.74, 6) is 0. The van der Waals surface area contributed by atoms with Gasteiger partial charge in [0.15, 0.2) is 22.3 Å². The summed E-state index contributed by atoms with van der Waals surface area (Å²) in [6.45, 7) is 5.63. The van der Waals surface area contributed by atoms with Gasteiger partial charge in [0, 0.05) is 40.4 Å². The molecule has 0 aromatic carbocycles. The van der Waals surface area contributed by atoms with Crippen LogP contribution in [0.25, 0.3) is 22.3 Å². The Kier molecular flexibility index (Phi) is 19.2. The molecule has 4 rings (SSSR count). The van der Waals surface area contributed by atoms with Gasteiger partial charge in [0.2, 0.25) is 0 Å². The first kappa shape index (κ1) is 44.5. The molecule has 2 unspecified atom stereocenters. The van der Waals surface area contributed by atoms with Crippen molar-refractivity contribution in [1.29, 1.82) is 0 Å². The number of ether oxygens (including phenoxy) is 2. The fourth-order valence-electron chi connectivity index (χ4n) is 4.68. The van der Waals surface area contributed by atoms with Gasteiger partial charge in [0.25, 0.3) is 11.1 Å². The number of rotatable bonds is 18. The van der Waals surface area contributed by atoms with Crippen molar-refractivity contribution in [3.8, 4) is 0 Å². The maximum absolute atomic E-state index is 12.6. The average molecular weight is 755 g/mol. The topological polar surface area (TPSA) is 305 Å². The molecule has 8 N–H and O–H groups in total. The second-order valence-electron chi connectivity index (χ2n) is 10.3. The van der Waals surface area contributed by atoms with Crippen LogP contribution in [0, 0.1) is 0 Å². The summed E-state index contributed by atoms with van der Waals surface area (Å²) in [6, 6.07) is 0. The minimum absolute atomic E-state index is 0. The second-order valence-corrected chi connectivity index (χ2v) is 11.9. The Hall–Kier alpha value is -3.56. The molecule has 4 heterocycles. The van der Waals surface area contributed by atoms with E-state index < -0.39 is 39.0 Å². The van der Waals surface area contributed by atoms with E-state index in [-0.39, 0.29) is 52.1 Å². The zero-order valence-corrected chi connectivity index (χ0v) is 30.6. The molecule has 22 nitrogen and oxygen atoms in total. The molecular formula is C26H48N10O12P2. The Bertz CT molecular complexity index is 1820. The first-order chi connectivity index (χ1) is 22.9. The van der Waals surface area contributed by atoms with E-state index in [4.69, 9.17) is 19.3 Å². The van der Waals surface area contributed by atoms with Crippen LogP contribution in [-0.2, 0) is 68.3 Å². The molecule has 284 valence electrons. The minimum atomic E-state index is -2.95. The molecule has 0 aliphatic carbocycles. The molecule has 0 saturated carbocycles. The summed E-state index contributed by atoms with van der Waals surface area (Å²) in [5.41, 5.74) is -0.531. The average Bonchev–Trinajstić information content (AvgIpc) is 3.68. The first-order valence-electron chi connectivity index (χ1n) is 15.1. The lowest BCUT2D eigenvalue weighted by atomic mass is 10.3. The second kappa shape index (κ2) is 21.6. The lowest BCUT2D eigenvalue weighted by molar-refractivity contribution is 0.0902. The molecule has 0 radical (unpaired) electrons. The molecule has 0 saturated heterocycles. The van der Waals surface area contributed by atoms with Crippen molar-refractivity contribution in [3.05, 3.63) is 54.3 Å². The lowest BCUT2D eigenvalue weighted by Crippen LogP contribution is -2.39. The third-order valence-electron chi connectivity index (χ3n) is 7.08. The highest BCUT2D eigenvalue weighted by Gasteiger charge is 2.17. The highest BCUT2D eigenvalue weighted by atomic mass is 31.1. The number of aromatic nitrogens is 8. The van der Waals surface area contributed by atoms with Crippen molar-refractivity contribution in [2.45, 2.75) is 66.1 Å². The normalized spacial score (nSPS) is 12.3. The van der Waals surface area contributed by atoms with Gasteiger partial charge in [-0.05, 0) is 39.5 Å². The van der Waals surface area contributed by atoms with E-state index in [1.54, 1.807) is 23.2 Å². The standard InChI is InChI=1S/2C13H21N4O6P.2H3N/c2*1-3-22-9-16-8-14-11-10(16)12(18)17(13(19)15(11)2)6-4-5-7-23-24(20)21;;/h2*8,24H,3-7,9H2,1-2H3,(H,20,21);2*1H3. The number of unbranched alkanes of at least 4 members (excludes halogenated alkanes) is 2. The van der Waals surface area contributed by atoms with Crippen molar-refractivity contribution in [3.63, 3.8) is 0 Å². The van der Waals surface area contributed by atoms with Crippen LogP contribution in [0.2, 0.25) is 0 Å². The summed E-state index contributed by atoms with van der Waals surface area (Å²) in [5, 5.41) is 0. The van der Waals surface area contributed by atoms with E-state index in [0.29, 0.717) is 61.2 Å². The minimum Gasteiger partial charge on any atom is -0.361 e. The third kappa shape index (κ3) is 11.2. The van der Waals surface area contributed by atoms with Crippen LogP contribution in [0.15, 0.2) is 31.8 Å². The quantitative estimate of drug-likeness (QED) is 0.0792. The molecule has 24 heteroatoms. The molecule has 4 aromatic heterocycles. The Balaban J connectivity index is 0.000000481. The Morgan fingerprint density at radius 1 is 0.660 bits per heavy atom. The first-order valence-corrected chi connectivity index (χ1v) is 17.6. The molecule has 0 spiro atoms. The van der Waals surface area contributed by atoms with E-state index in [2.05, 4.69) is 19.0 Å². The van der Waals surface area contributed by atoms with Crippen LogP contribution in [0.4, 0.5) is 0 Å². The summed E-state index contributed by atoms with van der Waals surface area (Å²) in [6.07, 6.45) is 4.80. The molecular weight excluding hydrogens is 706 g/mol. The summed E-state index contributed by atoms with van der Waals surface area (Å²) >= 11 is 0. The molecule has 4 aromatic rings. The third-order valence-corrected chi connectivity index (χ3v) is 7.98. The van der Waals surface area contributed by atoms with E-state index >= 15 is 0 Å². The lowest BCUT2D eigenvalue weighted by Gasteiger charge is -2.09. The predicted molar refractivity (Wildman–Crippen MR) is 185 cm³/mol. The Morgan fingerprint density at radius 2 is 1.02 bits per heavy atom. The van der Waals surface area contributed by atoms with Crippen molar-refractivity contribution >= 4 is 38.8 Å². The zero-order chi connectivity index (χ0) is 35.4. The van der Waals surface area contributed by atoms with Crippen LogP contribution < -0.4 is 34.8 Å². The van der Waals surface area contributed by atoms with Crippen LogP contribution in [0.3, 0.4) is 0 Å². The number of hydrogen-bond donors (Lipinski definition) is 4. The van der Waals surface area contributed by atoms with Gasteiger partial charge in [-0.2, -0.15) is 0 Å². The number of nitrogens with zero attached hydrogens (tertiary/aromatic N) is 8. The van der Waals surface area contributed by atoms with Gasteiger partial charge in [0.05, 0.1) is 25.9 Å². The highest BCUT2D eigenvalue weighted by Crippen LogP contribution is 2.15. The largest absolute Gasteiger partial charge is 0.361 e. The highest BCUT2D eigenvalue weighted by molar-refractivity contribution is 7.32. The fraction of sp³-hybridized carbons (Fsp3) is 0.615. The SMILES string of the molecule is CCOCn1cnc2c1c(=O)n(CCCCO[PH](=O)O)c(=O)n2C.CCOCn1cnc2c1c(=O)n(CCCCO[PH](=O)O)c(=O)n2C.N.N. The van der Waals surface area contributed by atoms with Gasteiger partial charge in [-0.3, -0.25) is 37.0 Å². The summed E-state index contributed by atoms with van der Waals surface area (Å²) in [4.78, 5) is 75.3. The molecule has 0 bridgehead atoms. The molecule has 0 aliphatic heterocycles. The van der Waals surface area contributed by atoms with Gasteiger partial charge in [-0.1, -0.05) is 0 Å². The van der Waals surface area contributed by atoms with E-state index in [1.165, 1.54) is 21.8 Å². The van der Waals surface area contributed by atoms with Crippen LogP contribution >= 0.6 is 16.5 Å². The van der Waals surface area contributed by atoms with Gasteiger partial charge in [-0.25, -0.2) is 19.6 Å². The molecule has 0 fully saturated rings. The number of aryl methyl sites for hydroxylation is 2. The van der Waals surface area contributed by atoms with E-state index in [1.807, 2.05) is 13.8 Å². The van der Waals surface area contributed by atoms with Crippen LogP contribution in [-0.4, -0.2) is 73.6 Å². The molecule has 50 heavy (non-hydrogen) atoms. The van der Waals surface area contributed by atoms with Crippen molar-refractivity contribution in [2.75, 3.05) is 26.4 Å². The van der Waals surface area contributed by atoms with Crippen molar-refractivity contribution in [1.82, 2.24) is 49.7 Å². The van der Waals surface area contributed by atoms with Gasteiger partial charge < -0.3 is 49.7 Å². The Labute approximate surface area is 286 Å². The van der Waals surface area contributed by atoms with Gasteiger partial charge in [0.1, 0.15) is 13.5 Å². The zero-order valence-electron chi connectivity index (χ0n) is 28.6.